The first kappa shape index (κ1) is 8.53. The first-order valence-electron chi connectivity index (χ1n) is 3.74. The van der Waals surface area contributed by atoms with Crippen LogP contribution in [0.5, 0.6) is 0 Å². The van der Waals surface area contributed by atoms with Crippen molar-refractivity contribution in [1.29, 1.82) is 0 Å². The Kier molecular flexibility index (Phi) is 2.49. The van der Waals surface area contributed by atoms with Gasteiger partial charge in [0.05, 0.1) is 0 Å². The first-order valence-corrected chi connectivity index (χ1v) is 4.56. The van der Waals surface area contributed by atoms with Gasteiger partial charge in [-0.05, 0) is 5.92 Å². The average Bonchev–Trinajstić information content (AvgIpc) is 2.33. The molecule has 0 atom stereocenters. The lowest BCUT2D eigenvalue weighted by molar-refractivity contribution is 0.885. The molecule has 11 heavy (non-hydrogen) atoms. The summed E-state index contributed by atoms with van der Waals surface area (Å²) in [6, 6.07) is 0. The lowest BCUT2D eigenvalue weighted by atomic mass is 10.2. The molecule has 1 heterocycles. The van der Waals surface area contributed by atoms with E-state index in [-0.39, 0.29) is 0 Å². The van der Waals surface area contributed by atoms with Crippen LogP contribution in [-0.2, 0) is 0 Å². The van der Waals surface area contributed by atoms with Crippen LogP contribution < -0.4 is 4.90 Å². The lowest BCUT2D eigenvalue weighted by Gasteiger charge is -2.05. The van der Waals surface area contributed by atoms with Crippen LogP contribution >= 0.6 is 11.3 Å². The molecule has 2 nitrogen and oxygen atoms in total. The normalized spacial score (nSPS) is 10.6. The molecule has 0 aliphatic carbocycles. The number of thiazole rings is 1. The van der Waals surface area contributed by atoms with Crippen LogP contribution in [0.3, 0.4) is 0 Å². The fourth-order valence-corrected chi connectivity index (χ4v) is 1.59. The largest absolute Gasteiger partial charge is 0.354 e. The number of rotatable bonds is 2. The smallest absolute Gasteiger partial charge is 0.184 e. The van der Waals surface area contributed by atoms with E-state index >= 15 is 0 Å². The van der Waals surface area contributed by atoms with Crippen molar-refractivity contribution in [3.05, 3.63) is 11.1 Å². The maximum Gasteiger partial charge on any atom is 0.184 e. The zero-order chi connectivity index (χ0) is 8.43. The summed E-state index contributed by atoms with van der Waals surface area (Å²) in [7, 11) is 4.03. The van der Waals surface area contributed by atoms with Crippen molar-refractivity contribution >= 4 is 16.5 Å². The van der Waals surface area contributed by atoms with E-state index in [1.54, 1.807) is 11.3 Å². The van der Waals surface area contributed by atoms with E-state index in [2.05, 4.69) is 18.8 Å². The molecule has 0 aliphatic rings. The van der Waals surface area contributed by atoms with E-state index in [9.17, 15) is 0 Å². The summed E-state index contributed by atoms with van der Waals surface area (Å²) in [5.41, 5.74) is 0. The van der Waals surface area contributed by atoms with Gasteiger partial charge in [0.25, 0.3) is 0 Å². The van der Waals surface area contributed by atoms with E-state index in [1.165, 1.54) is 4.88 Å². The van der Waals surface area contributed by atoms with Crippen LogP contribution in [0, 0.1) is 0 Å². The van der Waals surface area contributed by atoms with Crippen LogP contribution in [0.1, 0.15) is 24.6 Å². The number of hydrogen-bond acceptors (Lipinski definition) is 3. The van der Waals surface area contributed by atoms with Crippen molar-refractivity contribution in [3.63, 3.8) is 0 Å². The predicted molar refractivity (Wildman–Crippen MR) is 50.5 cm³/mol. The topological polar surface area (TPSA) is 16.1 Å². The van der Waals surface area contributed by atoms with Gasteiger partial charge < -0.3 is 4.90 Å². The molecular formula is C8H14N2S. The summed E-state index contributed by atoms with van der Waals surface area (Å²) in [6.07, 6.45) is 1.96. The quantitative estimate of drug-likeness (QED) is 0.677. The minimum absolute atomic E-state index is 0.598. The lowest BCUT2D eigenvalue weighted by Crippen LogP contribution is -2.07. The summed E-state index contributed by atoms with van der Waals surface area (Å²) < 4.78 is 0. The Balaban J connectivity index is 2.82. The van der Waals surface area contributed by atoms with Gasteiger partial charge in [-0.15, -0.1) is 11.3 Å². The molecule has 1 aromatic heterocycles. The van der Waals surface area contributed by atoms with Crippen molar-refractivity contribution in [2.24, 2.45) is 0 Å². The summed E-state index contributed by atoms with van der Waals surface area (Å²) in [6.45, 7) is 4.37. The molecule has 0 unspecified atom stereocenters. The van der Waals surface area contributed by atoms with E-state index in [1.807, 2.05) is 25.2 Å². The highest BCUT2D eigenvalue weighted by atomic mass is 32.1. The number of hydrogen-bond donors (Lipinski definition) is 0. The summed E-state index contributed by atoms with van der Waals surface area (Å²) in [4.78, 5) is 7.67. The highest BCUT2D eigenvalue weighted by molar-refractivity contribution is 7.15. The van der Waals surface area contributed by atoms with Gasteiger partial charge in [-0.1, -0.05) is 13.8 Å². The number of nitrogens with zero attached hydrogens (tertiary/aromatic N) is 2. The highest BCUT2D eigenvalue weighted by Crippen LogP contribution is 2.26. The molecule has 1 rings (SSSR count). The second-order valence-corrected chi connectivity index (χ2v) is 4.14. The van der Waals surface area contributed by atoms with Crippen molar-refractivity contribution < 1.29 is 0 Å². The molecular weight excluding hydrogens is 156 g/mol. The Morgan fingerprint density at radius 2 is 2.09 bits per heavy atom. The van der Waals surface area contributed by atoms with Gasteiger partial charge in [0.15, 0.2) is 5.13 Å². The number of aromatic nitrogens is 1. The third-order valence-corrected chi connectivity index (χ3v) is 2.93. The maximum absolute atomic E-state index is 4.28. The van der Waals surface area contributed by atoms with Gasteiger partial charge in [0.2, 0.25) is 0 Å². The van der Waals surface area contributed by atoms with E-state index in [0.717, 1.165) is 5.13 Å². The summed E-state index contributed by atoms with van der Waals surface area (Å²) in [5, 5.41) is 1.09. The fourth-order valence-electron chi connectivity index (χ4n) is 0.751. The summed E-state index contributed by atoms with van der Waals surface area (Å²) in [5.74, 6) is 0.598. The van der Waals surface area contributed by atoms with E-state index < -0.39 is 0 Å². The number of anilines is 1. The third-order valence-electron chi connectivity index (χ3n) is 1.46. The molecule has 0 spiro atoms. The molecule has 0 fully saturated rings. The Morgan fingerprint density at radius 3 is 2.36 bits per heavy atom. The zero-order valence-electron chi connectivity index (χ0n) is 7.46. The zero-order valence-corrected chi connectivity index (χ0v) is 8.27. The van der Waals surface area contributed by atoms with Crippen LogP contribution in [-0.4, -0.2) is 19.1 Å². The molecule has 62 valence electrons. The van der Waals surface area contributed by atoms with Crippen molar-refractivity contribution in [1.82, 2.24) is 4.98 Å². The molecule has 0 radical (unpaired) electrons. The standard InChI is InChI=1S/C8H14N2S/c1-6(2)7-5-9-8(11-7)10(3)4/h5-6H,1-4H3. The molecule has 3 heteroatoms. The van der Waals surface area contributed by atoms with Crippen molar-refractivity contribution in [3.8, 4) is 0 Å². The predicted octanol–water partition coefficient (Wildman–Crippen LogP) is 2.33. The summed E-state index contributed by atoms with van der Waals surface area (Å²) >= 11 is 1.76. The molecule has 0 aliphatic heterocycles. The molecule has 1 aromatic rings. The van der Waals surface area contributed by atoms with Crippen molar-refractivity contribution in [2.45, 2.75) is 19.8 Å². The van der Waals surface area contributed by atoms with Gasteiger partial charge in [-0.3, -0.25) is 0 Å². The molecule has 0 N–H and O–H groups in total. The molecule has 0 amide bonds. The molecule has 0 bridgehead atoms. The Labute approximate surface area is 71.9 Å². The average molecular weight is 170 g/mol. The second kappa shape index (κ2) is 3.22. The minimum atomic E-state index is 0.598. The Bertz CT molecular complexity index is 205. The van der Waals surface area contributed by atoms with E-state index in [0.29, 0.717) is 5.92 Å². The third kappa shape index (κ3) is 1.93. The maximum atomic E-state index is 4.28. The van der Waals surface area contributed by atoms with Crippen molar-refractivity contribution in [2.75, 3.05) is 19.0 Å². The first-order chi connectivity index (χ1) is 5.11. The molecule has 0 saturated heterocycles. The molecule has 0 saturated carbocycles. The van der Waals surface area contributed by atoms with Gasteiger partial charge in [0.1, 0.15) is 0 Å². The Morgan fingerprint density at radius 1 is 1.45 bits per heavy atom. The fraction of sp³-hybridized carbons (Fsp3) is 0.625. The van der Waals surface area contributed by atoms with Gasteiger partial charge in [-0.2, -0.15) is 0 Å². The SMILES string of the molecule is CC(C)c1cnc(N(C)C)s1. The van der Waals surface area contributed by atoms with Gasteiger partial charge >= 0.3 is 0 Å². The van der Waals surface area contributed by atoms with Crippen LogP contribution in [0.15, 0.2) is 6.20 Å². The van der Waals surface area contributed by atoms with E-state index in [4.69, 9.17) is 0 Å². The van der Waals surface area contributed by atoms with Crippen LogP contribution in [0.4, 0.5) is 5.13 Å². The second-order valence-electron chi connectivity index (χ2n) is 3.09. The minimum Gasteiger partial charge on any atom is -0.354 e. The van der Waals surface area contributed by atoms with Crippen LogP contribution in [0.25, 0.3) is 0 Å². The monoisotopic (exact) mass is 170 g/mol. The van der Waals surface area contributed by atoms with Crippen LogP contribution in [0.2, 0.25) is 0 Å². The van der Waals surface area contributed by atoms with Gasteiger partial charge in [-0.25, -0.2) is 4.98 Å². The van der Waals surface area contributed by atoms with Gasteiger partial charge in [0, 0.05) is 25.2 Å². The molecule has 0 aromatic carbocycles. The Hall–Kier alpha value is -0.570. The highest BCUT2D eigenvalue weighted by Gasteiger charge is 2.05.